The van der Waals surface area contributed by atoms with Gasteiger partial charge in [0.1, 0.15) is 0 Å². The predicted molar refractivity (Wildman–Crippen MR) is 132 cm³/mol. The van der Waals surface area contributed by atoms with Crippen LogP contribution < -0.4 is 14.8 Å². The van der Waals surface area contributed by atoms with Crippen molar-refractivity contribution in [3.63, 3.8) is 0 Å². The van der Waals surface area contributed by atoms with E-state index in [0.717, 1.165) is 16.8 Å². The van der Waals surface area contributed by atoms with Gasteiger partial charge in [0, 0.05) is 34.3 Å². The van der Waals surface area contributed by atoms with Gasteiger partial charge in [-0.1, -0.05) is 43.6 Å². The van der Waals surface area contributed by atoms with E-state index in [1.165, 1.54) is 0 Å². The maximum atomic E-state index is 13.7. The SMILES string of the molecule is CC1=C(C(=O)OCC(C)C)[C@@H](c2ccc3c(c2)OCO3)C2=C(C[C@@H](c3ccc(Cl)cc3)CC2=O)N1. The lowest BCUT2D eigenvalue weighted by molar-refractivity contribution is -0.140. The molecule has 2 aromatic rings. The van der Waals surface area contributed by atoms with Gasteiger partial charge >= 0.3 is 5.97 Å². The van der Waals surface area contributed by atoms with E-state index in [9.17, 15) is 9.59 Å². The van der Waals surface area contributed by atoms with Crippen LogP contribution in [-0.2, 0) is 14.3 Å². The molecular formula is C28H28ClNO5. The van der Waals surface area contributed by atoms with Crippen molar-refractivity contribution < 1.29 is 23.8 Å². The quantitative estimate of drug-likeness (QED) is 0.544. The van der Waals surface area contributed by atoms with Gasteiger partial charge in [-0.3, -0.25) is 4.79 Å². The summed E-state index contributed by atoms with van der Waals surface area (Å²) in [6.45, 7) is 6.31. The van der Waals surface area contributed by atoms with Gasteiger partial charge in [0.25, 0.3) is 0 Å². The molecule has 182 valence electrons. The van der Waals surface area contributed by atoms with Gasteiger partial charge < -0.3 is 19.5 Å². The molecule has 2 aliphatic heterocycles. The van der Waals surface area contributed by atoms with Crippen LogP contribution in [0, 0.1) is 5.92 Å². The highest BCUT2D eigenvalue weighted by Crippen LogP contribution is 2.47. The molecule has 35 heavy (non-hydrogen) atoms. The zero-order valence-corrected chi connectivity index (χ0v) is 20.8. The molecule has 0 amide bonds. The number of nitrogens with one attached hydrogen (secondary N) is 1. The van der Waals surface area contributed by atoms with E-state index in [2.05, 4.69) is 5.32 Å². The fraction of sp³-hybridized carbons (Fsp3) is 0.357. The Balaban J connectivity index is 1.56. The molecule has 0 unspecified atom stereocenters. The Labute approximate surface area is 209 Å². The molecule has 0 aromatic heterocycles. The fourth-order valence-corrected chi connectivity index (χ4v) is 5.15. The van der Waals surface area contributed by atoms with Gasteiger partial charge in [-0.2, -0.15) is 0 Å². The minimum atomic E-state index is -0.543. The second-order valence-corrected chi connectivity index (χ2v) is 10.1. The monoisotopic (exact) mass is 493 g/mol. The molecule has 1 aliphatic carbocycles. The second-order valence-electron chi connectivity index (χ2n) is 9.67. The smallest absolute Gasteiger partial charge is 0.336 e. The number of benzene rings is 2. The summed E-state index contributed by atoms with van der Waals surface area (Å²) < 4.78 is 16.7. The van der Waals surface area contributed by atoms with Crippen LogP contribution in [0.1, 0.15) is 56.6 Å². The van der Waals surface area contributed by atoms with E-state index in [4.69, 9.17) is 25.8 Å². The van der Waals surface area contributed by atoms with E-state index in [1.54, 1.807) is 0 Å². The summed E-state index contributed by atoms with van der Waals surface area (Å²) in [6, 6.07) is 13.2. The Morgan fingerprint density at radius 1 is 1.09 bits per heavy atom. The lowest BCUT2D eigenvalue weighted by atomic mass is 9.71. The molecule has 0 radical (unpaired) electrons. The minimum absolute atomic E-state index is 0.0167. The number of esters is 1. The molecule has 5 rings (SSSR count). The molecule has 7 heteroatoms. The summed E-state index contributed by atoms with van der Waals surface area (Å²) in [7, 11) is 0. The number of carbonyl (C=O) groups excluding carboxylic acids is 2. The summed E-state index contributed by atoms with van der Waals surface area (Å²) in [4.78, 5) is 27.0. The maximum Gasteiger partial charge on any atom is 0.336 e. The summed E-state index contributed by atoms with van der Waals surface area (Å²) in [6.07, 6.45) is 1.02. The van der Waals surface area contributed by atoms with Crippen molar-refractivity contribution >= 4 is 23.4 Å². The lowest BCUT2D eigenvalue weighted by Gasteiger charge is -2.36. The maximum absolute atomic E-state index is 13.7. The van der Waals surface area contributed by atoms with E-state index in [1.807, 2.05) is 63.2 Å². The summed E-state index contributed by atoms with van der Waals surface area (Å²) in [5.41, 5.74) is 4.50. The largest absolute Gasteiger partial charge is 0.462 e. The summed E-state index contributed by atoms with van der Waals surface area (Å²) in [5.74, 6) is 0.558. The first-order valence-corrected chi connectivity index (χ1v) is 12.3. The average molecular weight is 494 g/mol. The number of rotatable bonds is 5. The number of allylic oxidation sites excluding steroid dienone is 3. The summed E-state index contributed by atoms with van der Waals surface area (Å²) in [5, 5.41) is 4.05. The fourth-order valence-electron chi connectivity index (χ4n) is 5.03. The topological polar surface area (TPSA) is 73.9 Å². The molecule has 0 spiro atoms. The minimum Gasteiger partial charge on any atom is -0.462 e. The van der Waals surface area contributed by atoms with Crippen LogP contribution in [-0.4, -0.2) is 25.2 Å². The van der Waals surface area contributed by atoms with Crippen molar-refractivity contribution in [2.45, 2.75) is 45.4 Å². The van der Waals surface area contributed by atoms with Crippen LogP contribution in [0.4, 0.5) is 0 Å². The van der Waals surface area contributed by atoms with Gasteiger partial charge in [-0.15, -0.1) is 0 Å². The van der Waals surface area contributed by atoms with Gasteiger partial charge in [0.05, 0.1) is 12.2 Å². The molecule has 6 nitrogen and oxygen atoms in total. The molecule has 2 aromatic carbocycles. The van der Waals surface area contributed by atoms with Crippen LogP contribution in [0.5, 0.6) is 11.5 Å². The van der Waals surface area contributed by atoms with Crippen molar-refractivity contribution in [2.75, 3.05) is 13.4 Å². The molecule has 2 heterocycles. The number of hydrogen-bond acceptors (Lipinski definition) is 6. The predicted octanol–water partition coefficient (Wildman–Crippen LogP) is 5.63. The molecule has 1 N–H and O–H groups in total. The number of Topliss-reactive ketones (excluding diaryl/α,β-unsaturated/α-hetero) is 1. The highest BCUT2D eigenvalue weighted by molar-refractivity contribution is 6.30. The number of hydrogen-bond donors (Lipinski definition) is 1. The summed E-state index contributed by atoms with van der Waals surface area (Å²) >= 11 is 6.07. The molecule has 0 fully saturated rings. The van der Waals surface area contributed by atoms with E-state index >= 15 is 0 Å². The molecular weight excluding hydrogens is 466 g/mol. The Morgan fingerprint density at radius 3 is 2.54 bits per heavy atom. The highest BCUT2D eigenvalue weighted by Gasteiger charge is 2.42. The number of ketones is 1. The van der Waals surface area contributed by atoms with E-state index in [0.29, 0.717) is 52.8 Å². The Morgan fingerprint density at radius 2 is 1.80 bits per heavy atom. The molecule has 0 bridgehead atoms. The van der Waals surface area contributed by atoms with Crippen molar-refractivity contribution in [3.05, 3.63) is 81.2 Å². The van der Waals surface area contributed by atoms with Gasteiger partial charge in [-0.25, -0.2) is 4.79 Å². The third-order valence-corrected chi connectivity index (χ3v) is 6.92. The molecule has 0 saturated carbocycles. The first-order valence-electron chi connectivity index (χ1n) is 11.9. The van der Waals surface area contributed by atoms with Gasteiger partial charge in [0.15, 0.2) is 17.3 Å². The molecule has 0 saturated heterocycles. The number of dihydropyridines is 1. The van der Waals surface area contributed by atoms with Crippen LogP contribution in [0.15, 0.2) is 65.0 Å². The number of fused-ring (bicyclic) bond motifs is 1. The van der Waals surface area contributed by atoms with Crippen LogP contribution in [0.3, 0.4) is 0 Å². The standard InChI is InChI=1S/C28H28ClNO5/c1-15(2)13-33-28(32)25-16(3)30-21-10-19(17-4-7-20(29)8-5-17)11-22(31)27(21)26(25)18-6-9-23-24(12-18)35-14-34-23/h4-9,12,15,19,26,30H,10-11,13-14H2,1-3H3/t19-,26-/m1/s1. The van der Waals surface area contributed by atoms with E-state index < -0.39 is 11.9 Å². The van der Waals surface area contributed by atoms with Crippen LogP contribution >= 0.6 is 11.6 Å². The zero-order chi connectivity index (χ0) is 24.7. The zero-order valence-electron chi connectivity index (χ0n) is 20.0. The van der Waals surface area contributed by atoms with Crippen molar-refractivity contribution in [2.24, 2.45) is 5.92 Å². The van der Waals surface area contributed by atoms with Crippen molar-refractivity contribution in [1.29, 1.82) is 0 Å². The van der Waals surface area contributed by atoms with E-state index in [-0.39, 0.29) is 24.4 Å². The van der Waals surface area contributed by atoms with Crippen molar-refractivity contribution in [1.82, 2.24) is 5.32 Å². The third-order valence-electron chi connectivity index (χ3n) is 6.67. The Bertz CT molecular complexity index is 1240. The first-order chi connectivity index (χ1) is 16.8. The second kappa shape index (κ2) is 9.42. The molecule has 3 aliphatic rings. The number of carbonyl (C=O) groups is 2. The Hall–Kier alpha value is -3.25. The average Bonchev–Trinajstić information content (AvgIpc) is 3.30. The van der Waals surface area contributed by atoms with Crippen LogP contribution in [0.2, 0.25) is 5.02 Å². The normalized spacial score (nSPS) is 21.2. The lowest BCUT2D eigenvalue weighted by Crippen LogP contribution is -2.36. The third kappa shape index (κ3) is 4.55. The van der Waals surface area contributed by atoms with Gasteiger partial charge in [0.2, 0.25) is 6.79 Å². The Kier molecular flexibility index (Phi) is 6.32. The van der Waals surface area contributed by atoms with Gasteiger partial charge in [-0.05, 0) is 60.6 Å². The van der Waals surface area contributed by atoms with Crippen molar-refractivity contribution in [3.8, 4) is 11.5 Å². The highest BCUT2D eigenvalue weighted by atomic mass is 35.5. The number of halogens is 1. The number of ether oxygens (including phenoxy) is 3. The first kappa shape index (κ1) is 23.5. The van der Waals surface area contributed by atoms with Crippen LogP contribution in [0.25, 0.3) is 0 Å². The molecule has 2 atom stereocenters.